The second-order valence-electron chi connectivity index (χ2n) is 6.75. The maximum atomic E-state index is 12.9. The van der Waals surface area contributed by atoms with Crippen molar-refractivity contribution < 1.29 is 13.2 Å². The monoisotopic (exact) mass is 358 g/mol. The fourth-order valence-corrected chi connectivity index (χ4v) is 3.72. The first-order valence-corrected chi connectivity index (χ1v) is 10.3. The molecule has 2 heterocycles. The lowest BCUT2D eigenvalue weighted by molar-refractivity contribution is 0.0984. The molecule has 0 radical (unpaired) electrons. The Labute approximate surface area is 148 Å². The average molecular weight is 358 g/mol. The highest BCUT2D eigenvalue weighted by Crippen LogP contribution is 2.30. The SMILES string of the molecule is CC(C)c1ccc(C(=O)N2CCCc3cc(S(C)(=O)=O)ccc32)cn1. The summed E-state index contributed by atoms with van der Waals surface area (Å²) in [6.07, 6.45) is 4.40. The zero-order valence-corrected chi connectivity index (χ0v) is 15.5. The van der Waals surface area contributed by atoms with Gasteiger partial charge in [0, 0.05) is 30.4 Å². The summed E-state index contributed by atoms with van der Waals surface area (Å²) in [5, 5.41) is 0. The van der Waals surface area contributed by atoms with Crippen LogP contribution in [-0.2, 0) is 16.3 Å². The number of carbonyl (C=O) groups is 1. The summed E-state index contributed by atoms with van der Waals surface area (Å²) in [5.41, 5.74) is 3.18. The number of hydrogen-bond acceptors (Lipinski definition) is 4. The van der Waals surface area contributed by atoms with Crippen molar-refractivity contribution in [3.05, 3.63) is 53.3 Å². The van der Waals surface area contributed by atoms with Gasteiger partial charge in [-0.15, -0.1) is 0 Å². The number of rotatable bonds is 3. The number of aromatic nitrogens is 1. The standard InChI is InChI=1S/C19H22N2O3S/c1-13(2)17-8-6-15(12-20-17)19(22)21-10-4-5-14-11-16(25(3,23)24)7-9-18(14)21/h6-9,11-13H,4-5,10H2,1-3H3. The van der Waals surface area contributed by atoms with Crippen LogP contribution in [0.25, 0.3) is 0 Å². The van der Waals surface area contributed by atoms with E-state index >= 15 is 0 Å². The van der Waals surface area contributed by atoms with E-state index in [1.807, 2.05) is 12.1 Å². The molecule has 1 aromatic carbocycles. The van der Waals surface area contributed by atoms with Crippen molar-refractivity contribution in [2.75, 3.05) is 17.7 Å². The van der Waals surface area contributed by atoms with Gasteiger partial charge in [-0.1, -0.05) is 13.8 Å². The number of nitrogens with zero attached hydrogens (tertiary/aromatic N) is 2. The van der Waals surface area contributed by atoms with Crippen LogP contribution in [-0.4, -0.2) is 32.1 Å². The minimum atomic E-state index is -3.25. The van der Waals surface area contributed by atoms with Gasteiger partial charge in [0.1, 0.15) is 0 Å². The van der Waals surface area contributed by atoms with Crippen LogP contribution in [0.15, 0.2) is 41.4 Å². The molecule has 0 fully saturated rings. The van der Waals surface area contributed by atoms with Gasteiger partial charge in [0.15, 0.2) is 9.84 Å². The first kappa shape index (κ1) is 17.6. The Hall–Kier alpha value is -2.21. The summed E-state index contributed by atoms with van der Waals surface area (Å²) in [6, 6.07) is 8.68. The van der Waals surface area contributed by atoms with Gasteiger partial charge in [-0.25, -0.2) is 8.42 Å². The summed E-state index contributed by atoms with van der Waals surface area (Å²) >= 11 is 0. The highest BCUT2D eigenvalue weighted by Gasteiger charge is 2.25. The molecule has 5 nitrogen and oxygen atoms in total. The lowest BCUT2D eigenvalue weighted by Crippen LogP contribution is -2.35. The predicted octanol–water partition coefficient (Wildman–Crippen LogP) is 3.20. The zero-order valence-electron chi connectivity index (χ0n) is 14.7. The Morgan fingerprint density at radius 2 is 1.96 bits per heavy atom. The fraction of sp³-hybridized carbons (Fsp3) is 0.368. The molecule has 1 aliphatic heterocycles. The van der Waals surface area contributed by atoms with Crippen LogP contribution in [0.4, 0.5) is 5.69 Å². The van der Waals surface area contributed by atoms with Crippen LogP contribution in [0, 0.1) is 0 Å². The van der Waals surface area contributed by atoms with Crippen LogP contribution < -0.4 is 4.90 Å². The van der Waals surface area contributed by atoms with E-state index in [1.54, 1.807) is 29.3 Å². The molecule has 0 N–H and O–H groups in total. The van der Waals surface area contributed by atoms with Crippen LogP contribution in [0.1, 0.15) is 47.8 Å². The van der Waals surface area contributed by atoms with E-state index < -0.39 is 9.84 Å². The van der Waals surface area contributed by atoms with E-state index in [2.05, 4.69) is 18.8 Å². The van der Waals surface area contributed by atoms with Crippen molar-refractivity contribution >= 4 is 21.4 Å². The summed E-state index contributed by atoms with van der Waals surface area (Å²) in [5.74, 6) is 0.213. The number of carbonyl (C=O) groups excluding carboxylic acids is 1. The maximum absolute atomic E-state index is 12.9. The average Bonchev–Trinajstić information content (AvgIpc) is 2.59. The summed E-state index contributed by atoms with van der Waals surface area (Å²) in [6.45, 7) is 4.74. The van der Waals surface area contributed by atoms with Crippen LogP contribution in [0.3, 0.4) is 0 Å². The lowest BCUT2D eigenvalue weighted by Gasteiger charge is -2.30. The number of benzene rings is 1. The van der Waals surface area contributed by atoms with Gasteiger partial charge in [-0.2, -0.15) is 0 Å². The van der Waals surface area contributed by atoms with Gasteiger partial charge in [-0.3, -0.25) is 9.78 Å². The highest BCUT2D eigenvalue weighted by atomic mass is 32.2. The second-order valence-corrected chi connectivity index (χ2v) is 8.77. The molecule has 0 bridgehead atoms. The molecule has 0 spiro atoms. The molecule has 0 atom stereocenters. The first-order chi connectivity index (χ1) is 11.8. The Bertz CT molecular complexity index is 903. The van der Waals surface area contributed by atoms with Crippen molar-refractivity contribution in [2.24, 2.45) is 0 Å². The summed E-state index contributed by atoms with van der Waals surface area (Å²) in [4.78, 5) is 19.3. The number of amides is 1. The molecule has 3 rings (SSSR count). The number of hydrogen-bond donors (Lipinski definition) is 0. The van der Waals surface area contributed by atoms with Crippen molar-refractivity contribution in [3.8, 4) is 0 Å². The molecule has 2 aromatic rings. The second kappa shape index (κ2) is 6.59. The molecule has 132 valence electrons. The van der Waals surface area contributed by atoms with E-state index in [1.165, 1.54) is 6.26 Å². The molecule has 0 aliphatic carbocycles. The van der Waals surface area contributed by atoms with Crippen molar-refractivity contribution in [2.45, 2.75) is 37.5 Å². The number of anilines is 1. The van der Waals surface area contributed by atoms with Gasteiger partial charge in [0.05, 0.1) is 10.5 Å². The normalized spacial score (nSPS) is 14.5. The fourth-order valence-electron chi connectivity index (χ4n) is 3.04. The molecular formula is C19H22N2O3S. The van der Waals surface area contributed by atoms with Gasteiger partial charge in [-0.05, 0) is 54.7 Å². The van der Waals surface area contributed by atoms with Crippen molar-refractivity contribution in [1.29, 1.82) is 0 Å². The number of pyridine rings is 1. The van der Waals surface area contributed by atoms with E-state index in [4.69, 9.17) is 0 Å². The third-order valence-electron chi connectivity index (χ3n) is 4.47. The third kappa shape index (κ3) is 3.58. The van der Waals surface area contributed by atoms with E-state index in [0.29, 0.717) is 22.9 Å². The van der Waals surface area contributed by atoms with Gasteiger partial charge >= 0.3 is 0 Å². The number of sulfone groups is 1. The van der Waals surface area contributed by atoms with Crippen LogP contribution in [0.2, 0.25) is 0 Å². The van der Waals surface area contributed by atoms with Gasteiger partial charge < -0.3 is 4.90 Å². The molecule has 0 saturated carbocycles. The van der Waals surface area contributed by atoms with E-state index in [0.717, 1.165) is 29.8 Å². The predicted molar refractivity (Wildman–Crippen MR) is 97.9 cm³/mol. The number of fused-ring (bicyclic) bond motifs is 1. The van der Waals surface area contributed by atoms with Gasteiger partial charge in [0.25, 0.3) is 5.91 Å². The molecular weight excluding hydrogens is 336 g/mol. The summed E-state index contributed by atoms with van der Waals surface area (Å²) < 4.78 is 23.5. The van der Waals surface area contributed by atoms with Gasteiger partial charge in [0.2, 0.25) is 0 Å². The lowest BCUT2D eigenvalue weighted by atomic mass is 10.0. The van der Waals surface area contributed by atoms with Crippen LogP contribution >= 0.6 is 0 Å². The minimum absolute atomic E-state index is 0.101. The van der Waals surface area contributed by atoms with E-state index in [-0.39, 0.29) is 5.91 Å². The molecule has 1 aromatic heterocycles. The smallest absolute Gasteiger partial charge is 0.259 e. The highest BCUT2D eigenvalue weighted by molar-refractivity contribution is 7.90. The molecule has 0 unspecified atom stereocenters. The van der Waals surface area contributed by atoms with Crippen molar-refractivity contribution in [1.82, 2.24) is 4.98 Å². The number of aryl methyl sites for hydroxylation is 1. The van der Waals surface area contributed by atoms with Crippen LogP contribution in [0.5, 0.6) is 0 Å². The Balaban J connectivity index is 1.93. The Kier molecular flexibility index (Phi) is 4.64. The maximum Gasteiger partial charge on any atom is 0.259 e. The molecule has 6 heteroatoms. The topological polar surface area (TPSA) is 67.3 Å². The third-order valence-corrected chi connectivity index (χ3v) is 5.58. The Morgan fingerprint density at radius 1 is 1.20 bits per heavy atom. The van der Waals surface area contributed by atoms with E-state index in [9.17, 15) is 13.2 Å². The minimum Gasteiger partial charge on any atom is -0.308 e. The van der Waals surface area contributed by atoms with Crippen molar-refractivity contribution in [3.63, 3.8) is 0 Å². The molecule has 25 heavy (non-hydrogen) atoms. The summed E-state index contributed by atoms with van der Waals surface area (Å²) in [7, 11) is -3.25. The largest absolute Gasteiger partial charge is 0.308 e. The Morgan fingerprint density at radius 3 is 2.56 bits per heavy atom. The first-order valence-electron chi connectivity index (χ1n) is 8.38. The molecule has 1 amide bonds. The quantitative estimate of drug-likeness (QED) is 0.845. The molecule has 0 saturated heterocycles. The zero-order chi connectivity index (χ0) is 18.2. The molecule has 1 aliphatic rings.